The van der Waals surface area contributed by atoms with E-state index in [0.717, 1.165) is 24.0 Å². The Balaban J connectivity index is 1.43. The minimum absolute atomic E-state index is 0.0184. The number of aromatic nitrogens is 3. The van der Waals surface area contributed by atoms with Crippen molar-refractivity contribution in [1.29, 1.82) is 0 Å². The molecule has 6 heteroatoms. The average molecular weight is 348 g/mol. The molecule has 0 spiro atoms. The topological polar surface area (TPSA) is 72.1 Å². The summed E-state index contributed by atoms with van der Waals surface area (Å²) in [5.74, 6) is 1.46. The van der Waals surface area contributed by atoms with Gasteiger partial charge in [-0.05, 0) is 37.5 Å². The second-order valence-electron chi connectivity index (χ2n) is 6.55. The summed E-state index contributed by atoms with van der Waals surface area (Å²) in [6, 6.07) is 13.4. The molecule has 2 aromatic heterocycles. The van der Waals surface area contributed by atoms with Gasteiger partial charge in [-0.15, -0.1) is 0 Å². The summed E-state index contributed by atoms with van der Waals surface area (Å²) >= 11 is 0. The van der Waals surface area contributed by atoms with E-state index < -0.39 is 0 Å². The van der Waals surface area contributed by atoms with Gasteiger partial charge >= 0.3 is 0 Å². The fourth-order valence-electron chi connectivity index (χ4n) is 3.32. The third-order valence-corrected chi connectivity index (χ3v) is 4.84. The van der Waals surface area contributed by atoms with Gasteiger partial charge in [0.1, 0.15) is 5.69 Å². The van der Waals surface area contributed by atoms with Gasteiger partial charge in [-0.3, -0.25) is 9.78 Å². The zero-order valence-corrected chi connectivity index (χ0v) is 14.6. The number of rotatable bonds is 3. The van der Waals surface area contributed by atoms with Crippen molar-refractivity contribution in [3.8, 4) is 11.4 Å². The van der Waals surface area contributed by atoms with Crippen LogP contribution in [0, 0.1) is 6.92 Å². The molecule has 0 saturated carbocycles. The van der Waals surface area contributed by atoms with E-state index in [1.165, 1.54) is 0 Å². The van der Waals surface area contributed by atoms with Crippen LogP contribution in [0.5, 0.6) is 0 Å². The zero-order valence-electron chi connectivity index (χ0n) is 14.6. The molecule has 3 aromatic rings. The second kappa shape index (κ2) is 7.07. The first-order valence-electron chi connectivity index (χ1n) is 8.82. The molecule has 1 aromatic carbocycles. The lowest BCUT2D eigenvalue weighted by molar-refractivity contribution is 0.0698. The smallest absolute Gasteiger partial charge is 0.272 e. The molecule has 26 heavy (non-hydrogen) atoms. The summed E-state index contributed by atoms with van der Waals surface area (Å²) in [7, 11) is 0. The van der Waals surface area contributed by atoms with Crippen molar-refractivity contribution >= 4 is 5.91 Å². The Morgan fingerprint density at radius 3 is 2.62 bits per heavy atom. The second-order valence-corrected chi connectivity index (χ2v) is 6.55. The molecule has 0 atom stereocenters. The van der Waals surface area contributed by atoms with E-state index in [1.807, 2.05) is 48.2 Å². The summed E-state index contributed by atoms with van der Waals surface area (Å²) in [6.45, 7) is 3.37. The van der Waals surface area contributed by atoms with E-state index in [2.05, 4.69) is 15.1 Å². The van der Waals surface area contributed by atoms with Gasteiger partial charge in [-0.25, -0.2) is 0 Å². The molecule has 1 fully saturated rings. The third kappa shape index (κ3) is 3.22. The predicted octanol–water partition coefficient (Wildman–Crippen LogP) is 3.46. The highest BCUT2D eigenvalue weighted by Gasteiger charge is 2.28. The lowest BCUT2D eigenvalue weighted by Crippen LogP contribution is -2.38. The molecule has 1 saturated heterocycles. The van der Waals surface area contributed by atoms with Crippen LogP contribution in [0.1, 0.15) is 40.7 Å². The molecule has 0 N–H and O–H groups in total. The van der Waals surface area contributed by atoms with Crippen LogP contribution in [0.15, 0.2) is 53.2 Å². The van der Waals surface area contributed by atoms with E-state index in [9.17, 15) is 4.79 Å². The van der Waals surface area contributed by atoms with E-state index in [4.69, 9.17) is 4.52 Å². The molecule has 1 amide bonds. The van der Waals surface area contributed by atoms with E-state index in [0.29, 0.717) is 30.5 Å². The number of carbonyl (C=O) groups is 1. The van der Waals surface area contributed by atoms with Gasteiger partial charge in [0, 0.05) is 30.8 Å². The maximum atomic E-state index is 12.5. The van der Waals surface area contributed by atoms with Gasteiger partial charge in [-0.2, -0.15) is 4.98 Å². The number of nitrogens with zero attached hydrogens (tertiary/aromatic N) is 4. The summed E-state index contributed by atoms with van der Waals surface area (Å²) < 4.78 is 5.52. The van der Waals surface area contributed by atoms with Crippen molar-refractivity contribution in [3.63, 3.8) is 0 Å². The van der Waals surface area contributed by atoms with Crippen molar-refractivity contribution in [3.05, 3.63) is 65.8 Å². The first-order valence-corrected chi connectivity index (χ1v) is 8.82. The van der Waals surface area contributed by atoms with E-state index in [-0.39, 0.29) is 11.8 Å². The van der Waals surface area contributed by atoms with Crippen LogP contribution in [0.3, 0.4) is 0 Å². The monoisotopic (exact) mass is 348 g/mol. The molecule has 3 heterocycles. The van der Waals surface area contributed by atoms with Crippen LogP contribution in [0.25, 0.3) is 11.4 Å². The molecular weight excluding hydrogens is 328 g/mol. The third-order valence-electron chi connectivity index (χ3n) is 4.84. The number of hydrogen-bond acceptors (Lipinski definition) is 5. The van der Waals surface area contributed by atoms with Crippen LogP contribution < -0.4 is 0 Å². The van der Waals surface area contributed by atoms with Gasteiger partial charge in [-0.1, -0.05) is 35.5 Å². The first kappa shape index (κ1) is 16.4. The molecule has 0 unspecified atom stereocenters. The summed E-state index contributed by atoms with van der Waals surface area (Å²) in [6.07, 6.45) is 3.27. The van der Waals surface area contributed by atoms with E-state index in [1.54, 1.807) is 12.3 Å². The number of likely N-dealkylation sites (tertiary alicyclic amines) is 1. The number of aryl methyl sites for hydroxylation is 1. The van der Waals surface area contributed by atoms with Gasteiger partial charge in [0.15, 0.2) is 0 Å². The number of pyridine rings is 1. The Morgan fingerprint density at radius 1 is 1.12 bits per heavy atom. The maximum absolute atomic E-state index is 12.5. The number of benzene rings is 1. The highest BCUT2D eigenvalue weighted by Crippen LogP contribution is 2.29. The molecule has 0 aliphatic carbocycles. The number of hydrogen-bond donors (Lipinski definition) is 0. The Hall–Kier alpha value is -3.02. The zero-order chi connectivity index (χ0) is 17.9. The van der Waals surface area contributed by atoms with Gasteiger partial charge in [0.2, 0.25) is 11.7 Å². The Bertz CT molecular complexity index is 899. The molecular formula is C20H20N4O2. The van der Waals surface area contributed by atoms with Crippen molar-refractivity contribution < 1.29 is 9.32 Å². The van der Waals surface area contributed by atoms with Crippen LogP contribution in [-0.4, -0.2) is 39.0 Å². The highest BCUT2D eigenvalue weighted by atomic mass is 16.5. The van der Waals surface area contributed by atoms with Crippen LogP contribution >= 0.6 is 0 Å². The molecule has 0 radical (unpaired) electrons. The number of carbonyl (C=O) groups excluding carboxylic acids is 1. The van der Waals surface area contributed by atoms with Crippen LogP contribution in [-0.2, 0) is 0 Å². The molecule has 0 bridgehead atoms. The SMILES string of the molecule is Cc1ccccc1-c1noc(C2CCN(C(=O)c3ccccn3)CC2)n1. The minimum Gasteiger partial charge on any atom is -0.339 e. The minimum atomic E-state index is -0.0184. The molecule has 1 aliphatic rings. The lowest BCUT2D eigenvalue weighted by Gasteiger charge is -2.30. The lowest BCUT2D eigenvalue weighted by atomic mass is 9.96. The largest absolute Gasteiger partial charge is 0.339 e. The quantitative estimate of drug-likeness (QED) is 0.725. The van der Waals surface area contributed by atoms with Crippen LogP contribution in [0.2, 0.25) is 0 Å². The first-order chi connectivity index (χ1) is 12.7. The average Bonchev–Trinajstić information content (AvgIpc) is 3.18. The normalized spacial score (nSPS) is 15.2. The molecule has 132 valence electrons. The Kier molecular flexibility index (Phi) is 4.48. The van der Waals surface area contributed by atoms with Gasteiger partial charge < -0.3 is 9.42 Å². The fourth-order valence-corrected chi connectivity index (χ4v) is 3.32. The van der Waals surface area contributed by atoms with Crippen LogP contribution in [0.4, 0.5) is 0 Å². The molecule has 4 rings (SSSR count). The summed E-state index contributed by atoms with van der Waals surface area (Å²) in [5.41, 5.74) is 2.60. The van der Waals surface area contributed by atoms with E-state index >= 15 is 0 Å². The predicted molar refractivity (Wildman–Crippen MR) is 96.6 cm³/mol. The number of amides is 1. The molecule has 6 nitrogen and oxygen atoms in total. The van der Waals surface area contributed by atoms with Crippen molar-refractivity contribution in [2.45, 2.75) is 25.7 Å². The maximum Gasteiger partial charge on any atom is 0.272 e. The highest BCUT2D eigenvalue weighted by molar-refractivity contribution is 5.92. The Labute approximate surface area is 151 Å². The summed E-state index contributed by atoms with van der Waals surface area (Å²) in [5, 5.41) is 4.15. The van der Waals surface area contributed by atoms with Gasteiger partial charge in [0.25, 0.3) is 5.91 Å². The van der Waals surface area contributed by atoms with Gasteiger partial charge in [0.05, 0.1) is 0 Å². The Morgan fingerprint density at radius 2 is 1.88 bits per heavy atom. The number of piperidine rings is 1. The fraction of sp³-hybridized carbons (Fsp3) is 0.300. The molecule has 1 aliphatic heterocycles. The van der Waals surface area contributed by atoms with Crippen molar-refractivity contribution in [1.82, 2.24) is 20.0 Å². The van der Waals surface area contributed by atoms with Crippen molar-refractivity contribution in [2.75, 3.05) is 13.1 Å². The van der Waals surface area contributed by atoms with Crippen molar-refractivity contribution in [2.24, 2.45) is 0 Å². The standard InChI is InChI=1S/C20H20N4O2/c1-14-6-2-3-7-16(14)18-22-19(26-23-18)15-9-12-24(13-10-15)20(25)17-8-4-5-11-21-17/h2-8,11,15H,9-10,12-13H2,1H3. The summed E-state index contributed by atoms with van der Waals surface area (Å²) in [4.78, 5) is 23.1.